The minimum atomic E-state index is -0.683. The second kappa shape index (κ2) is 8.35. The summed E-state index contributed by atoms with van der Waals surface area (Å²) in [5, 5.41) is 0.367. The molecule has 0 atom stereocenters. The zero-order valence-electron chi connectivity index (χ0n) is 17.2. The van der Waals surface area contributed by atoms with Crippen molar-refractivity contribution in [3.63, 3.8) is 0 Å². The van der Waals surface area contributed by atoms with Gasteiger partial charge in [0.05, 0.1) is 7.11 Å². The van der Waals surface area contributed by atoms with Gasteiger partial charge in [-0.3, -0.25) is 4.79 Å². The molecule has 0 amide bonds. The number of nitrogens with zero attached hydrogens (tertiary/aromatic N) is 1. The van der Waals surface area contributed by atoms with Crippen LogP contribution in [0.15, 0.2) is 42.5 Å². The van der Waals surface area contributed by atoms with Crippen molar-refractivity contribution < 1.29 is 28.5 Å². The molecule has 0 fully saturated rings. The predicted octanol–water partition coefficient (Wildman–Crippen LogP) is 4.52. The quantitative estimate of drug-likeness (QED) is 0.413. The van der Waals surface area contributed by atoms with Crippen LogP contribution >= 0.6 is 11.6 Å². The Morgan fingerprint density at radius 2 is 1.81 bits per heavy atom. The Bertz CT molecular complexity index is 1180. The molecule has 0 N–H and O–H groups in total. The van der Waals surface area contributed by atoms with Gasteiger partial charge in [0.25, 0.3) is 0 Å². The van der Waals surface area contributed by atoms with Gasteiger partial charge in [-0.15, -0.1) is 0 Å². The Kier molecular flexibility index (Phi) is 5.61. The molecular formula is C23H20ClNO6. The number of hydrogen-bond acceptors (Lipinski definition) is 6. The number of carbonyl (C=O) groups excluding carboxylic acids is 2. The van der Waals surface area contributed by atoms with Gasteiger partial charge in [-0.05, 0) is 50.2 Å². The van der Waals surface area contributed by atoms with Crippen LogP contribution in [0.25, 0.3) is 5.69 Å². The summed E-state index contributed by atoms with van der Waals surface area (Å²) in [5.41, 5.74) is 3.08. The first kappa shape index (κ1) is 20.8. The summed E-state index contributed by atoms with van der Waals surface area (Å²) < 4.78 is 23.2. The van der Waals surface area contributed by atoms with Crippen molar-refractivity contribution in [2.75, 3.05) is 20.5 Å². The van der Waals surface area contributed by atoms with Crippen molar-refractivity contribution in [3.8, 4) is 22.9 Å². The number of esters is 1. The molecule has 31 heavy (non-hydrogen) atoms. The van der Waals surface area contributed by atoms with Gasteiger partial charge in [0.15, 0.2) is 18.1 Å². The summed E-state index contributed by atoms with van der Waals surface area (Å²) in [6.45, 7) is 3.53. The van der Waals surface area contributed by atoms with Gasteiger partial charge in [-0.1, -0.05) is 11.6 Å². The number of ketones is 1. The van der Waals surface area contributed by atoms with Crippen molar-refractivity contribution in [2.45, 2.75) is 13.8 Å². The average Bonchev–Trinajstić information content (AvgIpc) is 3.34. The Hall–Kier alpha value is -3.45. The van der Waals surface area contributed by atoms with E-state index in [2.05, 4.69) is 0 Å². The number of hydrogen-bond donors (Lipinski definition) is 0. The van der Waals surface area contributed by atoms with Crippen LogP contribution in [0.5, 0.6) is 17.2 Å². The molecule has 0 aliphatic carbocycles. The molecule has 160 valence electrons. The van der Waals surface area contributed by atoms with E-state index in [1.165, 1.54) is 13.2 Å². The molecule has 1 aliphatic heterocycles. The van der Waals surface area contributed by atoms with Crippen LogP contribution in [-0.4, -0.2) is 36.8 Å². The van der Waals surface area contributed by atoms with Crippen LogP contribution in [0.4, 0.5) is 0 Å². The predicted molar refractivity (Wildman–Crippen MR) is 114 cm³/mol. The van der Waals surface area contributed by atoms with Crippen LogP contribution in [0.3, 0.4) is 0 Å². The number of halogens is 1. The molecule has 2 aromatic carbocycles. The van der Waals surface area contributed by atoms with Crippen LogP contribution in [-0.2, 0) is 4.74 Å². The highest BCUT2D eigenvalue weighted by Crippen LogP contribution is 2.35. The molecule has 2 heterocycles. The van der Waals surface area contributed by atoms with E-state index in [1.807, 2.05) is 36.6 Å². The van der Waals surface area contributed by atoms with Gasteiger partial charge >= 0.3 is 5.97 Å². The summed E-state index contributed by atoms with van der Waals surface area (Å²) in [5.74, 6) is 0.669. The van der Waals surface area contributed by atoms with Gasteiger partial charge in [-0.2, -0.15) is 0 Å². The summed E-state index contributed by atoms with van der Waals surface area (Å²) in [6, 6.07) is 12.0. The average molecular weight is 442 g/mol. The van der Waals surface area contributed by atoms with E-state index in [1.54, 1.807) is 18.2 Å². The van der Waals surface area contributed by atoms with Gasteiger partial charge in [0, 0.05) is 33.7 Å². The second-order valence-corrected chi connectivity index (χ2v) is 7.44. The number of aryl methyl sites for hydroxylation is 1. The smallest absolute Gasteiger partial charge is 0.342 e. The summed E-state index contributed by atoms with van der Waals surface area (Å²) in [4.78, 5) is 25.3. The van der Waals surface area contributed by atoms with E-state index in [-0.39, 0.29) is 18.1 Å². The van der Waals surface area contributed by atoms with Crippen LogP contribution in [0.1, 0.15) is 32.1 Å². The Balaban J connectivity index is 1.53. The van der Waals surface area contributed by atoms with Crippen LogP contribution in [0, 0.1) is 13.8 Å². The normalized spacial score (nSPS) is 12.0. The molecule has 3 aromatic rings. The van der Waals surface area contributed by atoms with E-state index >= 15 is 0 Å². The fourth-order valence-electron chi connectivity index (χ4n) is 3.59. The molecule has 7 nitrogen and oxygen atoms in total. The number of methoxy groups -OCH3 is 1. The molecule has 1 aliphatic rings. The molecule has 0 saturated carbocycles. The Labute approximate surface area is 184 Å². The molecule has 1 aromatic heterocycles. The lowest BCUT2D eigenvalue weighted by Gasteiger charge is -2.11. The third kappa shape index (κ3) is 3.96. The molecule has 8 heteroatoms. The maximum atomic E-state index is 12.8. The lowest BCUT2D eigenvalue weighted by molar-refractivity contribution is 0.0471. The van der Waals surface area contributed by atoms with Crippen molar-refractivity contribution in [3.05, 3.63) is 70.0 Å². The van der Waals surface area contributed by atoms with Crippen molar-refractivity contribution in [2.24, 2.45) is 0 Å². The first-order chi connectivity index (χ1) is 14.9. The summed E-state index contributed by atoms with van der Waals surface area (Å²) >= 11 is 5.96. The van der Waals surface area contributed by atoms with Gasteiger partial charge in [-0.25, -0.2) is 4.79 Å². The highest BCUT2D eigenvalue weighted by Gasteiger charge is 2.21. The largest absolute Gasteiger partial charge is 0.496 e. The van der Waals surface area contributed by atoms with Crippen LogP contribution < -0.4 is 14.2 Å². The molecular weight excluding hydrogens is 422 g/mol. The zero-order valence-corrected chi connectivity index (χ0v) is 18.0. The number of benzene rings is 2. The summed E-state index contributed by atoms with van der Waals surface area (Å²) in [7, 11) is 1.44. The first-order valence-corrected chi connectivity index (χ1v) is 9.89. The molecule has 4 rings (SSSR count). The topological polar surface area (TPSA) is 76.0 Å². The maximum absolute atomic E-state index is 12.8. The second-order valence-electron chi connectivity index (χ2n) is 7.00. The minimum absolute atomic E-state index is 0.161. The standard InChI is InChI=1S/C23H20ClNO6/c1-13-8-17(14(2)25(13)16-5-7-21-22(10-16)31-12-30-21)19(26)11-29-23(27)18-9-15(24)4-6-20(18)28-3/h4-10H,11-12H2,1-3H3. The van der Waals surface area contributed by atoms with Crippen molar-refractivity contribution in [1.82, 2.24) is 4.57 Å². The third-order valence-corrected chi connectivity index (χ3v) is 5.30. The SMILES string of the molecule is COc1ccc(Cl)cc1C(=O)OCC(=O)c1cc(C)n(-c2ccc3c(c2)OCO3)c1C. The monoisotopic (exact) mass is 441 g/mol. The fraction of sp³-hybridized carbons (Fsp3) is 0.217. The van der Waals surface area contributed by atoms with E-state index in [0.29, 0.717) is 27.8 Å². The highest BCUT2D eigenvalue weighted by atomic mass is 35.5. The number of carbonyl (C=O) groups is 2. The van der Waals surface area contributed by atoms with E-state index in [9.17, 15) is 9.59 Å². The minimum Gasteiger partial charge on any atom is -0.496 e. The van der Waals surface area contributed by atoms with E-state index in [0.717, 1.165) is 17.1 Å². The molecule has 0 bridgehead atoms. The number of Topliss-reactive ketones (excluding diaryl/α,β-unsaturated/α-hetero) is 1. The van der Waals surface area contributed by atoms with E-state index < -0.39 is 12.6 Å². The molecule has 0 radical (unpaired) electrons. The fourth-order valence-corrected chi connectivity index (χ4v) is 3.77. The van der Waals surface area contributed by atoms with E-state index in [4.69, 9.17) is 30.5 Å². The number of rotatable bonds is 6. The van der Waals surface area contributed by atoms with Gasteiger partial charge in [0.2, 0.25) is 12.6 Å². The summed E-state index contributed by atoms with van der Waals surface area (Å²) in [6.07, 6.45) is 0. The Morgan fingerprint density at radius 1 is 1.03 bits per heavy atom. The third-order valence-electron chi connectivity index (χ3n) is 5.06. The zero-order chi connectivity index (χ0) is 22.1. The van der Waals surface area contributed by atoms with Crippen molar-refractivity contribution in [1.29, 1.82) is 0 Å². The number of aromatic nitrogens is 1. The van der Waals surface area contributed by atoms with Crippen LogP contribution in [0.2, 0.25) is 5.02 Å². The highest BCUT2D eigenvalue weighted by molar-refractivity contribution is 6.31. The van der Waals surface area contributed by atoms with Gasteiger partial charge < -0.3 is 23.5 Å². The van der Waals surface area contributed by atoms with Crippen molar-refractivity contribution >= 4 is 23.4 Å². The lowest BCUT2D eigenvalue weighted by atomic mass is 10.1. The Morgan fingerprint density at radius 3 is 2.58 bits per heavy atom. The number of ether oxygens (including phenoxy) is 4. The molecule has 0 saturated heterocycles. The number of fused-ring (bicyclic) bond motifs is 1. The lowest BCUT2D eigenvalue weighted by Crippen LogP contribution is -2.15. The maximum Gasteiger partial charge on any atom is 0.342 e. The molecule has 0 spiro atoms. The molecule has 0 unspecified atom stereocenters. The first-order valence-electron chi connectivity index (χ1n) is 9.52. The van der Waals surface area contributed by atoms with Gasteiger partial charge in [0.1, 0.15) is 11.3 Å².